The SMILES string of the molecule is C/C=C/Oc1ccc(OC)c(F)c1F. The molecule has 0 aromatic heterocycles. The van der Waals surface area contributed by atoms with E-state index in [0.29, 0.717) is 0 Å². The lowest BCUT2D eigenvalue weighted by Crippen LogP contribution is -1.95. The van der Waals surface area contributed by atoms with Gasteiger partial charge in [0.15, 0.2) is 11.5 Å². The third-order valence-electron chi connectivity index (χ3n) is 1.56. The predicted octanol–water partition coefficient (Wildman–Crippen LogP) is 2.89. The van der Waals surface area contributed by atoms with Crippen LogP contribution in [0.1, 0.15) is 6.92 Å². The minimum absolute atomic E-state index is 0.143. The number of allylic oxidation sites excluding steroid dienone is 1. The minimum Gasteiger partial charge on any atom is -0.494 e. The Labute approximate surface area is 80.8 Å². The monoisotopic (exact) mass is 200 g/mol. The molecule has 0 N–H and O–H groups in total. The van der Waals surface area contributed by atoms with Gasteiger partial charge in [-0.25, -0.2) is 0 Å². The molecule has 0 saturated carbocycles. The Bertz CT molecular complexity index is 348. The van der Waals surface area contributed by atoms with Crippen molar-refractivity contribution < 1.29 is 18.3 Å². The summed E-state index contributed by atoms with van der Waals surface area (Å²) in [6.07, 6.45) is 2.84. The minimum atomic E-state index is -1.05. The van der Waals surface area contributed by atoms with E-state index in [1.165, 1.54) is 25.5 Å². The van der Waals surface area contributed by atoms with E-state index in [1.54, 1.807) is 13.0 Å². The standard InChI is InChI=1S/C10H10F2O2/c1-3-6-14-8-5-4-7(13-2)9(11)10(8)12/h3-6H,1-2H3/b6-3+. The third kappa shape index (κ3) is 2.02. The maximum absolute atomic E-state index is 13.2. The van der Waals surface area contributed by atoms with Crippen molar-refractivity contribution in [3.05, 3.63) is 36.1 Å². The molecule has 14 heavy (non-hydrogen) atoms. The van der Waals surface area contributed by atoms with Crippen LogP contribution in [0.5, 0.6) is 11.5 Å². The van der Waals surface area contributed by atoms with Crippen molar-refractivity contribution in [1.82, 2.24) is 0 Å². The maximum Gasteiger partial charge on any atom is 0.205 e. The van der Waals surface area contributed by atoms with E-state index in [4.69, 9.17) is 4.74 Å². The summed E-state index contributed by atoms with van der Waals surface area (Å²) in [5.74, 6) is -2.41. The van der Waals surface area contributed by atoms with Gasteiger partial charge in [0.05, 0.1) is 13.4 Å². The number of ether oxygens (including phenoxy) is 2. The summed E-state index contributed by atoms with van der Waals surface area (Å²) < 4.78 is 35.7. The Hall–Kier alpha value is -1.58. The molecule has 4 heteroatoms. The van der Waals surface area contributed by atoms with Gasteiger partial charge in [0, 0.05) is 0 Å². The van der Waals surface area contributed by atoms with Crippen LogP contribution in [-0.2, 0) is 0 Å². The Balaban J connectivity index is 3.04. The smallest absolute Gasteiger partial charge is 0.205 e. The van der Waals surface area contributed by atoms with Gasteiger partial charge in [0.25, 0.3) is 0 Å². The fraction of sp³-hybridized carbons (Fsp3) is 0.200. The van der Waals surface area contributed by atoms with Crippen LogP contribution >= 0.6 is 0 Å². The highest BCUT2D eigenvalue weighted by atomic mass is 19.2. The molecular weight excluding hydrogens is 190 g/mol. The molecule has 76 valence electrons. The fourth-order valence-electron chi connectivity index (χ4n) is 0.904. The van der Waals surface area contributed by atoms with Crippen molar-refractivity contribution in [3.8, 4) is 11.5 Å². The Kier molecular flexibility index (Phi) is 3.45. The summed E-state index contributed by atoms with van der Waals surface area (Å²) in [6.45, 7) is 1.71. The van der Waals surface area contributed by atoms with Gasteiger partial charge in [-0.3, -0.25) is 0 Å². The quantitative estimate of drug-likeness (QED) is 0.698. The van der Waals surface area contributed by atoms with E-state index in [2.05, 4.69) is 4.74 Å². The number of halogens is 2. The second kappa shape index (κ2) is 4.60. The van der Waals surface area contributed by atoms with Gasteiger partial charge >= 0.3 is 0 Å². The van der Waals surface area contributed by atoms with Crippen molar-refractivity contribution in [1.29, 1.82) is 0 Å². The lowest BCUT2D eigenvalue weighted by atomic mass is 10.3. The van der Waals surface area contributed by atoms with Crippen LogP contribution in [-0.4, -0.2) is 7.11 Å². The lowest BCUT2D eigenvalue weighted by molar-refractivity contribution is 0.358. The Morgan fingerprint density at radius 3 is 2.29 bits per heavy atom. The summed E-state index contributed by atoms with van der Waals surface area (Å²) in [5, 5.41) is 0. The van der Waals surface area contributed by atoms with E-state index in [9.17, 15) is 8.78 Å². The average molecular weight is 200 g/mol. The van der Waals surface area contributed by atoms with E-state index in [-0.39, 0.29) is 11.5 Å². The molecule has 0 heterocycles. The van der Waals surface area contributed by atoms with Crippen molar-refractivity contribution >= 4 is 0 Å². The van der Waals surface area contributed by atoms with Gasteiger partial charge in [-0.15, -0.1) is 0 Å². The molecule has 0 saturated heterocycles. The first kappa shape index (κ1) is 10.5. The predicted molar refractivity (Wildman–Crippen MR) is 48.4 cm³/mol. The van der Waals surface area contributed by atoms with Gasteiger partial charge < -0.3 is 9.47 Å². The third-order valence-corrected chi connectivity index (χ3v) is 1.56. The van der Waals surface area contributed by atoms with Crippen LogP contribution in [0.4, 0.5) is 8.78 Å². The second-order valence-corrected chi connectivity index (χ2v) is 2.48. The molecule has 0 fully saturated rings. The van der Waals surface area contributed by atoms with Crippen LogP contribution in [0.15, 0.2) is 24.5 Å². The summed E-state index contributed by atoms with van der Waals surface area (Å²) in [7, 11) is 1.27. The van der Waals surface area contributed by atoms with Crippen LogP contribution in [0, 0.1) is 11.6 Å². The van der Waals surface area contributed by atoms with Gasteiger partial charge in [0.1, 0.15) is 0 Å². The number of rotatable bonds is 3. The summed E-state index contributed by atoms with van der Waals surface area (Å²) in [6, 6.07) is 2.61. The molecule has 0 radical (unpaired) electrons. The molecule has 0 aliphatic heterocycles. The van der Waals surface area contributed by atoms with Gasteiger partial charge in [-0.05, 0) is 19.1 Å². The van der Waals surface area contributed by atoms with Crippen LogP contribution < -0.4 is 9.47 Å². The Morgan fingerprint density at radius 2 is 1.71 bits per heavy atom. The van der Waals surface area contributed by atoms with Crippen molar-refractivity contribution in [2.24, 2.45) is 0 Å². The summed E-state index contributed by atoms with van der Waals surface area (Å²) in [4.78, 5) is 0. The van der Waals surface area contributed by atoms with E-state index in [1.807, 2.05) is 0 Å². The molecule has 0 spiro atoms. The summed E-state index contributed by atoms with van der Waals surface area (Å²) >= 11 is 0. The average Bonchev–Trinajstić information content (AvgIpc) is 2.20. The van der Waals surface area contributed by atoms with Gasteiger partial charge in [-0.1, -0.05) is 6.08 Å². The normalized spacial score (nSPS) is 10.6. The van der Waals surface area contributed by atoms with E-state index < -0.39 is 11.6 Å². The van der Waals surface area contributed by atoms with E-state index >= 15 is 0 Å². The second-order valence-electron chi connectivity index (χ2n) is 2.48. The zero-order valence-corrected chi connectivity index (χ0v) is 7.88. The highest BCUT2D eigenvalue weighted by molar-refractivity contribution is 5.35. The van der Waals surface area contributed by atoms with Gasteiger partial charge in [-0.2, -0.15) is 8.78 Å². The van der Waals surface area contributed by atoms with Crippen LogP contribution in [0.3, 0.4) is 0 Å². The molecule has 0 bridgehead atoms. The molecule has 1 aromatic carbocycles. The van der Waals surface area contributed by atoms with Crippen LogP contribution in [0.2, 0.25) is 0 Å². The molecular formula is C10H10F2O2. The number of hydrogen-bond donors (Lipinski definition) is 0. The van der Waals surface area contributed by atoms with Crippen molar-refractivity contribution in [3.63, 3.8) is 0 Å². The molecule has 0 amide bonds. The zero-order valence-electron chi connectivity index (χ0n) is 7.88. The fourth-order valence-corrected chi connectivity index (χ4v) is 0.904. The molecule has 1 aromatic rings. The number of benzene rings is 1. The summed E-state index contributed by atoms with van der Waals surface area (Å²) in [5.41, 5.74) is 0. The molecule has 0 aliphatic carbocycles. The van der Waals surface area contributed by atoms with E-state index in [0.717, 1.165) is 0 Å². The molecule has 0 aliphatic rings. The maximum atomic E-state index is 13.2. The van der Waals surface area contributed by atoms with Crippen molar-refractivity contribution in [2.45, 2.75) is 6.92 Å². The molecule has 1 rings (SSSR count). The van der Waals surface area contributed by atoms with Crippen LogP contribution in [0.25, 0.3) is 0 Å². The lowest BCUT2D eigenvalue weighted by Gasteiger charge is -2.05. The topological polar surface area (TPSA) is 18.5 Å². The van der Waals surface area contributed by atoms with Gasteiger partial charge in [0.2, 0.25) is 11.6 Å². The first-order valence-electron chi connectivity index (χ1n) is 4.00. The zero-order chi connectivity index (χ0) is 10.6. The number of methoxy groups -OCH3 is 1. The molecule has 0 atom stereocenters. The highest BCUT2D eigenvalue weighted by Crippen LogP contribution is 2.27. The largest absolute Gasteiger partial charge is 0.494 e. The molecule has 2 nitrogen and oxygen atoms in total. The molecule has 0 unspecified atom stereocenters. The first-order valence-corrected chi connectivity index (χ1v) is 4.00. The first-order chi connectivity index (χ1) is 6.70. The van der Waals surface area contributed by atoms with Crippen molar-refractivity contribution in [2.75, 3.05) is 7.11 Å². The highest BCUT2D eigenvalue weighted by Gasteiger charge is 2.14. The number of hydrogen-bond acceptors (Lipinski definition) is 2. The Morgan fingerprint density at radius 1 is 1.14 bits per heavy atom.